The van der Waals surface area contributed by atoms with Gasteiger partial charge in [0.2, 0.25) is 0 Å². The minimum atomic E-state index is -0.327. The van der Waals surface area contributed by atoms with Crippen molar-refractivity contribution in [2.45, 2.75) is 0 Å². The smallest absolute Gasteiger partial charge is 0.308 e. The molecule has 94 valence electrons. The summed E-state index contributed by atoms with van der Waals surface area (Å²) in [4.78, 5) is 11.7. The predicted molar refractivity (Wildman–Crippen MR) is 77.9 cm³/mol. The van der Waals surface area contributed by atoms with Crippen LogP contribution in [0.1, 0.15) is 5.56 Å². The van der Waals surface area contributed by atoms with E-state index in [9.17, 15) is 4.79 Å². The van der Waals surface area contributed by atoms with Crippen molar-refractivity contribution >= 4 is 33.3 Å². The molecule has 0 aliphatic rings. The summed E-state index contributed by atoms with van der Waals surface area (Å²) in [5.41, 5.74) is 1.89. The number of carbonyl (C=O) groups excluding carboxylic acids is 1. The van der Waals surface area contributed by atoms with Crippen LogP contribution in [-0.4, -0.2) is 6.03 Å². The van der Waals surface area contributed by atoms with E-state index in [0.717, 1.165) is 4.47 Å². The molecule has 0 aliphatic carbocycles. The third-order valence-corrected chi connectivity index (χ3v) is 2.90. The van der Waals surface area contributed by atoms with E-state index in [0.29, 0.717) is 16.9 Å². The SMILES string of the molecule is N#Cc1ccc(NC(=O)Nc2ccc(Br)cc2)cc1. The van der Waals surface area contributed by atoms with E-state index < -0.39 is 0 Å². The quantitative estimate of drug-likeness (QED) is 0.880. The highest BCUT2D eigenvalue weighted by Crippen LogP contribution is 2.15. The van der Waals surface area contributed by atoms with E-state index in [4.69, 9.17) is 5.26 Å². The van der Waals surface area contributed by atoms with Crippen LogP contribution in [0.3, 0.4) is 0 Å². The highest BCUT2D eigenvalue weighted by atomic mass is 79.9. The lowest BCUT2D eigenvalue weighted by molar-refractivity contribution is 0.262. The van der Waals surface area contributed by atoms with Gasteiger partial charge in [-0.05, 0) is 48.5 Å². The zero-order chi connectivity index (χ0) is 13.7. The van der Waals surface area contributed by atoms with Crippen LogP contribution in [-0.2, 0) is 0 Å². The first-order chi connectivity index (χ1) is 9.17. The first-order valence-corrected chi connectivity index (χ1v) is 6.30. The topological polar surface area (TPSA) is 64.9 Å². The number of carbonyl (C=O) groups is 1. The molecule has 4 nitrogen and oxygen atoms in total. The van der Waals surface area contributed by atoms with E-state index in [1.54, 1.807) is 36.4 Å². The van der Waals surface area contributed by atoms with Gasteiger partial charge < -0.3 is 10.6 Å². The van der Waals surface area contributed by atoms with Crippen LogP contribution in [0.25, 0.3) is 0 Å². The Morgan fingerprint density at radius 1 is 0.947 bits per heavy atom. The predicted octanol–water partition coefficient (Wildman–Crippen LogP) is 3.96. The van der Waals surface area contributed by atoms with E-state index in [-0.39, 0.29) is 6.03 Å². The third-order valence-electron chi connectivity index (χ3n) is 2.37. The van der Waals surface area contributed by atoms with Crippen LogP contribution in [0.4, 0.5) is 16.2 Å². The zero-order valence-electron chi connectivity index (χ0n) is 9.85. The Morgan fingerprint density at radius 2 is 1.42 bits per heavy atom. The average molecular weight is 316 g/mol. The maximum absolute atomic E-state index is 11.7. The molecule has 0 aliphatic heterocycles. The molecule has 2 N–H and O–H groups in total. The molecule has 2 amide bonds. The molecule has 5 heteroatoms. The normalized spacial score (nSPS) is 9.47. The molecule has 0 bridgehead atoms. The highest BCUT2D eigenvalue weighted by Gasteiger charge is 2.02. The Kier molecular flexibility index (Phi) is 4.16. The molecule has 0 radical (unpaired) electrons. The maximum Gasteiger partial charge on any atom is 0.323 e. The van der Waals surface area contributed by atoms with Crippen LogP contribution in [0.15, 0.2) is 53.0 Å². The molecule has 0 unspecified atom stereocenters. The Bertz CT molecular complexity index is 615. The Morgan fingerprint density at radius 3 is 1.89 bits per heavy atom. The molecule has 2 rings (SSSR count). The van der Waals surface area contributed by atoms with Gasteiger partial charge in [0.05, 0.1) is 11.6 Å². The number of nitrogens with one attached hydrogen (secondary N) is 2. The number of urea groups is 1. The minimum Gasteiger partial charge on any atom is -0.308 e. The number of rotatable bonds is 2. The fourth-order valence-electron chi connectivity index (χ4n) is 1.45. The minimum absolute atomic E-state index is 0.327. The number of nitrogens with zero attached hydrogens (tertiary/aromatic N) is 1. The summed E-state index contributed by atoms with van der Waals surface area (Å²) in [6.45, 7) is 0. The molecule has 0 saturated carbocycles. The number of anilines is 2. The number of benzene rings is 2. The number of amides is 2. The van der Waals surface area contributed by atoms with Crippen LogP contribution < -0.4 is 10.6 Å². The van der Waals surface area contributed by atoms with Gasteiger partial charge in [0, 0.05) is 15.8 Å². The second kappa shape index (κ2) is 6.03. The fraction of sp³-hybridized carbons (Fsp3) is 0. The second-order valence-corrected chi connectivity index (χ2v) is 4.69. The van der Waals surface area contributed by atoms with E-state index in [1.807, 2.05) is 18.2 Å². The van der Waals surface area contributed by atoms with Gasteiger partial charge in [0.1, 0.15) is 0 Å². The van der Waals surface area contributed by atoms with Gasteiger partial charge in [-0.25, -0.2) is 4.79 Å². The van der Waals surface area contributed by atoms with Crippen LogP contribution in [0.5, 0.6) is 0 Å². The van der Waals surface area contributed by atoms with Crippen LogP contribution >= 0.6 is 15.9 Å². The number of hydrogen-bond acceptors (Lipinski definition) is 2. The summed E-state index contributed by atoms with van der Waals surface area (Å²) in [7, 11) is 0. The molecule has 0 spiro atoms. The molecule has 0 atom stereocenters. The molecule has 2 aromatic carbocycles. The van der Waals surface area contributed by atoms with E-state index in [1.165, 1.54) is 0 Å². The van der Waals surface area contributed by atoms with Crippen molar-refractivity contribution in [1.29, 1.82) is 5.26 Å². The largest absolute Gasteiger partial charge is 0.323 e. The van der Waals surface area contributed by atoms with E-state index in [2.05, 4.69) is 26.6 Å². The first-order valence-electron chi connectivity index (χ1n) is 5.51. The second-order valence-electron chi connectivity index (χ2n) is 3.78. The number of halogens is 1. The number of hydrogen-bond donors (Lipinski definition) is 2. The standard InChI is InChI=1S/C14H10BrN3O/c15-11-3-7-13(8-4-11)18-14(19)17-12-5-1-10(9-16)2-6-12/h1-8H,(H2,17,18,19). The van der Waals surface area contributed by atoms with Gasteiger partial charge >= 0.3 is 6.03 Å². The van der Waals surface area contributed by atoms with Crippen LogP contribution in [0.2, 0.25) is 0 Å². The summed E-state index contributed by atoms with van der Waals surface area (Å²) in [5.74, 6) is 0. The molecular weight excluding hydrogens is 306 g/mol. The molecule has 0 fully saturated rings. The van der Waals surface area contributed by atoms with Crippen molar-refractivity contribution in [1.82, 2.24) is 0 Å². The van der Waals surface area contributed by atoms with E-state index >= 15 is 0 Å². The van der Waals surface area contributed by atoms with Gasteiger partial charge in [0.25, 0.3) is 0 Å². The molecule has 19 heavy (non-hydrogen) atoms. The maximum atomic E-state index is 11.7. The summed E-state index contributed by atoms with van der Waals surface area (Å²) >= 11 is 3.32. The Balaban J connectivity index is 1.97. The van der Waals surface area contributed by atoms with Gasteiger partial charge in [-0.15, -0.1) is 0 Å². The summed E-state index contributed by atoms with van der Waals surface area (Å²) in [6, 6.07) is 15.6. The Hall–Kier alpha value is -2.32. The number of nitriles is 1. The van der Waals surface area contributed by atoms with Gasteiger partial charge in [0.15, 0.2) is 0 Å². The van der Waals surface area contributed by atoms with Crippen LogP contribution in [0, 0.1) is 11.3 Å². The van der Waals surface area contributed by atoms with Gasteiger partial charge in [-0.1, -0.05) is 15.9 Å². The zero-order valence-corrected chi connectivity index (χ0v) is 11.4. The molecule has 0 heterocycles. The van der Waals surface area contributed by atoms with Gasteiger partial charge in [-0.3, -0.25) is 0 Å². The lowest BCUT2D eigenvalue weighted by Gasteiger charge is -2.07. The van der Waals surface area contributed by atoms with Crippen molar-refractivity contribution in [2.75, 3.05) is 10.6 Å². The lowest BCUT2D eigenvalue weighted by atomic mass is 10.2. The summed E-state index contributed by atoms with van der Waals surface area (Å²) < 4.78 is 0.950. The summed E-state index contributed by atoms with van der Waals surface area (Å²) in [5, 5.41) is 14.1. The molecular formula is C14H10BrN3O. The van der Waals surface area contributed by atoms with Crippen molar-refractivity contribution in [3.05, 3.63) is 58.6 Å². The molecule has 0 aromatic heterocycles. The van der Waals surface area contributed by atoms with Crippen molar-refractivity contribution < 1.29 is 4.79 Å². The Labute approximate surface area is 119 Å². The molecule has 0 saturated heterocycles. The lowest BCUT2D eigenvalue weighted by Crippen LogP contribution is -2.19. The van der Waals surface area contributed by atoms with Gasteiger partial charge in [-0.2, -0.15) is 5.26 Å². The highest BCUT2D eigenvalue weighted by molar-refractivity contribution is 9.10. The van der Waals surface area contributed by atoms with Crippen molar-refractivity contribution in [3.63, 3.8) is 0 Å². The average Bonchev–Trinajstić information content (AvgIpc) is 2.42. The fourth-order valence-corrected chi connectivity index (χ4v) is 1.72. The monoisotopic (exact) mass is 315 g/mol. The summed E-state index contributed by atoms with van der Waals surface area (Å²) in [6.07, 6.45) is 0. The van der Waals surface area contributed by atoms with Crippen molar-refractivity contribution in [3.8, 4) is 6.07 Å². The third kappa shape index (κ3) is 3.83. The first kappa shape index (κ1) is 13.1. The van der Waals surface area contributed by atoms with Crippen molar-refractivity contribution in [2.24, 2.45) is 0 Å². The molecule has 2 aromatic rings.